The maximum atomic E-state index is 11.9. The van der Waals surface area contributed by atoms with Gasteiger partial charge in [0, 0.05) is 12.5 Å². The molecular weight excluding hydrogens is 244 g/mol. The zero-order valence-corrected chi connectivity index (χ0v) is 13.5. The van der Waals surface area contributed by atoms with Gasteiger partial charge in [0.2, 0.25) is 5.79 Å². The molecule has 1 atom stereocenters. The number of ether oxygens (including phenoxy) is 1. The van der Waals surface area contributed by atoms with Crippen LogP contribution in [-0.4, -0.2) is 20.1 Å². The van der Waals surface area contributed by atoms with E-state index in [4.69, 9.17) is 9.16 Å². The minimum atomic E-state index is -1.81. The first kappa shape index (κ1) is 17.1. The van der Waals surface area contributed by atoms with E-state index in [9.17, 15) is 4.79 Å². The molecule has 0 aromatic carbocycles. The molecule has 0 bridgehead atoms. The number of hydrogen-bond acceptors (Lipinski definition) is 3. The Hall–Kier alpha value is -0.873. The van der Waals surface area contributed by atoms with Gasteiger partial charge in [0.15, 0.2) is 8.32 Å². The van der Waals surface area contributed by atoms with Crippen LogP contribution in [0.4, 0.5) is 0 Å². The van der Waals surface area contributed by atoms with E-state index in [2.05, 4.69) is 13.5 Å². The lowest BCUT2D eigenvalue weighted by atomic mass is 10.2. The first-order valence-electron chi connectivity index (χ1n) is 6.37. The predicted octanol–water partition coefficient (Wildman–Crippen LogP) is 4.03. The molecular formula is C14H26O3Si. The minimum Gasteiger partial charge on any atom is -0.427 e. The molecule has 0 radical (unpaired) electrons. The Morgan fingerprint density at radius 2 is 1.94 bits per heavy atom. The summed E-state index contributed by atoms with van der Waals surface area (Å²) in [6.45, 7) is 15.4. The molecule has 104 valence electrons. The van der Waals surface area contributed by atoms with Crippen LogP contribution in [0.15, 0.2) is 24.3 Å². The van der Waals surface area contributed by atoms with E-state index in [-0.39, 0.29) is 5.97 Å². The standard InChI is InChI=1S/C14H26O3Si/c1-8-10-11-12(3)13(15)16-14(4,9-2)17-18(5,6)7/h9,11H,2,8,10H2,1,3-7H3. The van der Waals surface area contributed by atoms with Gasteiger partial charge in [0.05, 0.1) is 0 Å². The highest BCUT2D eigenvalue weighted by Crippen LogP contribution is 2.22. The zero-order valence-electron chi connectivity index (χ0n) is 12.5. The topological polar surface area (TPSA) is 35.5 Å². The minimum absolute atomic E-state index is 0.343. The second-order valence-corrected chi connectivity index (χ2v) is 9.93. The summed E-state index contributed by atoms with van der Waals surface area (Å²) in [5, 5.41) is 0. The molecule has 0 spiro atoms. The summed E-state index contributed by atoms with van der Waals surface area (Å²) in [6, 6.07) is 0. The van der Waals surface area contributed by atoms with Gasteiger partial charge in [-0.15, -0.1) is 0 Å². The number of esters is 1. The maximum absolute atomic E-state index is 11.9. The van der Waals surface area contributed by atoms with E-state index in [1.807, 2.05) is 25.7 Å². The summed E-state index contributed by atoms with van der Waals surface area (Å²) in [4.78, 5) is 11.9. The monoisotopic (exact) mass is 270 g/mol. The second kappa shape index (κ2) is 6.90. The Morgan fingerprint density at radius 3 is 2.33 bits per heavy atom. The molecule has 0 saturated carbocycles. The quantitative estimate of drug-likeness (QED) is 0.230. The fraction of sp³-hybridized carbons (Fsp3) is 0.643. The van der Waals surface area contributed by atoms with E-state index in [1.54, 1.807) is 13.8 Å². The molecule has 0 saturated heterocycles. The van der Waals surface area contributed by atoms with Crippen molar-refractivity contribution < 1.29 is 14.0 Å². The Kier molecular flexibility index (Phi) is 6.56. The van der Waals surface area contributed by atoms with Crippen molar-refractivity contribution in [2.45, 2.75) is 59.0 Å². The molecule has 0 fully saturated rings. The van der Waals surface area contributed by atoms with Gasteiger partial charge in [-0.05, 0) is 39.1 Å². The van der Waals surface area contributed by atoms with Crippen LogP contribution in [0.3, 0.4) is 0 Å². The van der Waals surface area contributed by atoms with Crippen LogP contribution in [0, 0.1) is 0 Å². The Balaban J connectivity index is 4.72. The van der Waals surface area contributed by atoms with Gasteiger partial charge in [0.1, 0.15) is 0 Å². The molecule has 0 aliphatic rings. The SMILES string of the molecule is C=CC(C)(OC(=O)C(C)=CCCC)O[Si](C)(C)C. The summed E-state index contributed by atoms with van der Waals surface area (Å²) < 4.78 is 11.3. The molecule has 0 N–H and O–H groups in total. The average Bonchev–Trinajstić information content (AvgIpc) is 2.23. The molecule has 0 heterocycles. The van der Waals surface area contributed by atoms with Crippen molar-refractivity contribution in [3.05, 3.63) is 24.3 Å². The lowest BCUT2D eigenvalue weighted by Crippen LogP contribution is -2.42. The van der Waals surface area contributed by atoms with E-state index < -0.39 is 14.1 Å². The highest BCUT2D eigenvalue weighted by atomic mass is 28.4. The number of unbranched alkanes of at least 4 members (excludes halogenated alkanes) is 1. The zero-order chi connectivity index (χ0) is 14.4. The van der Waals surface area contributed by atoms with Crippen LogP contribution in [0.2, 0.25) is 19.6 Å². The maximum Gasteiger partial charge on any atom is 0.336 e. The van der Waals surface area contributed by atoms with Gasteiger partial charge in [-0.3, -0.25) is 0 Å². The van der Waals surface area contributed by atoms with E-state index >= 15 is 0 Å². The summed E-state index contributed by atoms with van der Waals surface area (Å²) in [5.74, 6) is -1.38. The third-order valence-corrected chi connectivity index (χ3v) is 3.25. The Morgan fingerprint density at radius 1 is 1.39 bits per heavy atom. The molecule has 18 heavy (non-hydrogen) atoms. The third kappa shape index (κ3) is 6.76. The van der Waals surface area contributed by atoms with Crippen molar-refractivity contribution in [1.29, 1.82) is 0 Å². The van der Waals surface area contributed by atoms with Gasteiger partial charge < -0.3 is 9.16 Å². The van der Waals surface area contributed by atoms with Crippen LogP contribution in [0.5, 0.6) is 0 Å². The molecule has 0 aliphatic carbocycles. The molecule has 0 aliphatic heterocycles. The van der Waals surface area contributed by atoms with E-state index in [0.717, 1.165) is 12.8 Å². The lowest BCUT2D eigenvalue weighted by Gasteiger charge is -2.33. The van der Waals surface area contributed by atoms with Gasteiger partial charge in [-0.25, -0.2) is 4.79 Å². The highest BCUT2D eigenvalue weighted by Gasteiger charge is 2.32. The molecule has 4 heteroatoms. The molecule has 0 aromatic rings. The van der Waals surface area contributed by atoms with Gasteiger partial charge in [-0.1, -0.05) is 26.0 Å². The summed E-state index contributed by atoms with van der Waals surface area (Å²) in [6.07, 6.45) is 5.31. The van der Waals surface area contributed by atoms with Crippen molar-refractivity contribution in [1.82, 2.24) is 0 Å². The lowest BCUT2D eigenvalue weighted by molar-refractivity contribution is -0.174. The van der Waals surface area contributed by atoms with Gasteiger partial charge in [-0.2, -0.15) is 0 Å². The Bertz CT molecular complexity index is 328. The van der Waals surface area contributed by atoms with Crippen LogP contribution in [0.1, 0.15) is 33.6 Å². The molecule has 3 nitrogen and oxygen atoms in total. The van der Waals surface area contributed by atoms with Gasteiger partial charge in [0.25, 0.3) is 0 Å². The van der Waals surface area contributed by atoms with Crippen molar-refractivity contribution in [3.63, 3.8) is 0 Å². The molecule has 0 rings (SSSR count). The summed E-state index contributed by atoms with van der Waals surface area (Å²) in [5.41, 5.74) is 0.615. The van der Waals surface area contributed by atoms with Crippen molar-refractivity contribution >= 4 is 14.3 Å². The smallest absolute Gasteiger partial charge is 0.336 e. The normalized spacial score (nSPS) is 16.0. The average molecular weight is 270 g/mol. The van der Waals surface area contributed by atoms with Crippen molar-refractivity contribution in [2.24, 2.45) is 0 Å². The van der Waals surface area contributed by atoms with E-state index in [0.29, 0.717) is 5.57 Å². The fourth-order valence-corrected chi connectivity index (χ4v) is 2.76. The first-order valence-corrected chi connectivity index (χ1v) is 9.78. The summed E-state index contributed by atoms with van der Waals surface area (Å²) in [7, 11) is -1.81. The number of allylic oxidation sites excluding steroid dienone is 1. The van der Waals surface area contributed by atoms with Crippen molar-refractivity contribution in [2.75, 3.05) is 0 Å². The third-order valence-electron chi connectivity index (χ3n) is 2.24. The largest absolute Gasteiger partial charge is 0.427 e. The fourth-order valence-electron chi connectivity index (χ4n) is 1.42. The second-order valence-electron chi connectivity index (χ2n) is 5.50. The predicted molar refractivity (Wildman–Crippen MR) is 77.8 cm³/mol. The van der Waals surface area contributed by atoms with E-state index in [1.165, 1.54) is 6.08 Å². The van der Waals surface area contributed by atoms with Crippen LogP contribution in [-0.2, 0) is 14.0 Å². The highest BCUT2D eigenvalue weighted by molar-refractivity contribution is 6.69. The molecule has 1 unspecified atom stereocenters. The van der Waals surface area contributed by atoms with Crippen molar-refractivity contribution in [3.8, 4) is 0 Å². The van der Waals surface area contributed by atoms with Crippen LogP contribution < -0.4 is 0 Å². The number of carbonyl (C=O) groups is 1. The van der Waals surface area contributed by atoms with Crippen LogP contribution in [0.25, 0.3) is 0 Å². The molecule has 0 aromatic heterocycles. The number of hydrogen-bond donors (Lipinski definition) is 0. The number of rotatable bonds is 7. The summed E-state index contributed by atoms with van der Waals surface area (Å²) >= 11 is 0. The number of carbonyl (C=O) groups excluding carboxylic acids is 1. The molecule has 0 amide bonds. The Labute approximate surface area is 112 Å². The first-order chi connectivity index (χ1) is 8.13. The van der Waals surface area contributed by atoms with Crippen LogP contribution >= 0.6 is 0 Å². The van der Waals surface area contributed by atoms with Gasteiger partial charge >= 0.3 is 5.97 Å².